The number of hydrogen-bond donors (Lipinski definition) is 3. The molecule has 5 nitrogen and oxygen atoms in total. The highest BCUT2D eigenvalue weighted by Crippen LogP contribution is 2.04. The first-order chi connectivity index (χ1) is 9.74. The Hall–Kier alpha value is -0.200. The highest BCUT2D eigenvalue weighted by Gasteiger charge is 2.09. The van der Waals surface area contributed by atoms with Crippen LogP contribution in [0.4, 0.5) is 0 Å². The molecule has 5 heteroatoms. The van der Waals surface area contributed by atoms with Crippen LogP contribution in [0.3, 0.4) is 0 Å². The molecule has 0 bridgehead atoms. The van der Waals surface area contributed by atoms with Gasteiger partial charge in [0.15, 0.2) is 0 Å². The van der Waals surface area contributed by atoms with Gasteiger partial charge in [-0.3, -0.25) is 0 Å². The number of unbranched alkanes of at least 4 members (excludes halogenated alkanes) is 5. The minimum absolute atomic E-state index is 0.000816. The summed E-state index contributed by atoms with van der Waals surface area (Å²) in [5, 5.41) is 21.8. The van der Waals surface area contributed by atoms with Crippen molar-refractivity contribution in [2.75, 3.05) is 40.1 Å². The van der Waals surface area contributed by atoms with E-state index >= 15 is 0 Å². The van der Waals surface area contributed by atoms with Crippen molar-refractivity contribution >= 4 is 0 Å². The van der Waals surface area contributed by atoms with E-state index in [0.29, 0.717) is 26.4 Å². The lowest BCUT2D eigenvalue weighted by atomic mass is 10.1. The van der Waals surface area contributed by atoms with Gasteiger partial charge in [0, 0.05) is 20.3 Å². The second kappa shape index (κ2) is 15.2. The Balaban J connectivity index is 3.33. The van der Waals surface area contributed by atoms with Crippen molar-refractivity contribution in [2.45, 2.75) is 57.6 Å². The molecule has 0 heterocycles. The van der Waals surface area contributed by atoms with Crippen LogP contribution < -0.4 is 5.32 Å². The SMILES string of the molecule is CCCCCCCCOCC(O)CNC(CO)COC. The van der Waals surface area contributed by atoms with Crippen LogP contribution in [-0.2, 0) is 9.47 Å². The molecular formula is C15H33NO4. The molecule has 0 aromatic heterocycles. The zero-order valence-corrected chi connectivity index (χ0v) is 13.1. The molecule has 2 unspecified atom stereocenters. The number of nitrogens with one attached hydrogen (secondary N) is 1. The largest absolute Gasteiger partial charge is 0.395 e. The van der Waals surface area contributed by atoms with Gasteiger partial charge in [0.05, 0.1) is 32.0 Å². The zero-order valence-electron chi connectivity index (χ0n) is 13.1. The Morgan fingerprint density at radius 2 is 1.75 bits per heavy atom. The van der Waals surface area contributed by atoms with E-state index in [4.69, 9.17) is 14.6 Å². The molecule has 2 atom stereocenters. The average Bonchev–Trinajstić information content (AvgIpc) is 2.46. The zero-order chi connectivity index (χ0) is 15.1. The maximum Gasteiger partial charge on any atom is 0.0897 e. The summed E-state index contributed by atoms with van der Waals surface area (Å²) in [5.74, 6) is 0. The maximum atomic E-state index is 9.72. The molecule has 20 heavy (non-hydrogen) atoms. The molecule has 0 fully saturated rings. The van der Waals surface area contributed by atoms with Crippen molar-refractivity contribution in [3.8, 4) is 0 Å². The van der Waals surface area contributed by atoms with Crippen LogP contribution in [-0.4, -0.2) is 62.4 Å². The second-order valence-corrected chi connectivity index (χ2v) is 5.24. The average molecular weight is 291 g/mol. The van der Waals surface area contributed by atoms with Crippen LogP contribution in [0.15, 0.2) is 0 Å². The van der Waals surface area contributed by atoms with E-state index < -0.39 is 6.10 Å². The third-order valence-electron chi connectivity index (χ3n) is 3.18. The number of rotatable bonds is 15. The first-order valence-corrected chi connectivity index (χ1v) is 7.83. The Kier molecular flexibility index (Phi) is 15.0. The van der Waals surface area contributed by atoms with Crippen molar-refractivity contribution < 1.29 is 19.7 Å². The van der Waals surface area contributed by atoms with E-state index in [1.165, 1.54) is 32.1 Å². The van der Waals surface area contributed by atoms with Gasteiger partial charge in [0.25, 0.3) is 0 Å². The summed E-state index contributed by atoms with van der Waals surface area (Å²) in [6, 6.07) is -0.131. The summed E-state index contributed by atoms with van der Waals surface area (Å²) < 4.78 is 10.4. The van der Waals surface area contributed by atoms with Gasteiger partial charge >= 0.3 is 0 Å². The third-order valence-corrected chi connectivity index (χ3v) is 3.18. The quantitative estimate of drug-likeness (QED) is 0.397. The summed E-state index contributed by atoms with van der Waals surface area (Å²) in [6.45, 7) is 4.11. The van der Waals surface area contributed by atoms with Crippen LogP contribution >= 0.6 is 0 Å². The van der Waals surface area contributed by atoms with Gasteiger partial charge < -0.3 is 25.0 Å². The third kappa shape index (κ3) is 12.8. The number of methoxy groups -OCH3 is 1. The van der Waals surface area contributed by atoms with Gasteiger partial charge in [-0.1, -0.05) is 39.0 Å². The van der Waals surface area contributed by atoms with Crippen LogP contribution in [0.2, 0.25) is 0 Å². The monoisotopic (exact) mass is 291 g/mol. The Bertz CT molecular complexity index is 193. The topological polar surface area (TPSA) is 71.0 Å². The summed E-state index contributed by atoms with van der Waals surface area (Å²) in [6.07, 6.45) is 6.90. The normalized spacial score (nSPS) is 14.4. The molecule has 0 rings (SSSR count). The van der Waals surface area contributed by atoms with Gasteiger partial charge in [-0.05, 0) is 6.42 Å². The van der Waals surface area contributed by atoms with Crippen molar-refractivity contribution in [1.82, 2.24) is 5.32 Å². The smallest absolute Gasteiger partial charge is 0.0897 e. The lowest BCUT2D eigenvalue weighted by Crippen LogP contribution is -2.42. The summed E-state index contributed by atoms with van der Waals surface area (Å²) in [5.41, 5.74) is 0. The first-order valence-electron chi connectivity index (χ1n) is 7.83. The molecule has 0 spiro atoms. The minimum atomic E-state index is -0.541. The molecule has 0 aromatic rings. The van der Waals surface area contributed by atoms with Gasteiger partial charge in [0.2, 0.25) is 0 Å². The van der Waals surface area contributed by atoms with E-state index in [2.05, 4.69) is 12.2 Å². The van der Waals surface area contributed by atoms with Gasteiger partial charge in [-0.25, -0.2) is 0 Å². The lowest BCUT2D eigenvalue weighted by Gasteiger charge is -2.18. The molecule has 0 aliphatic rings. The number of aliphatic hydroxyl groups excluding tert-OH is 2. The molecule has 0 radical (unpaired) electrons. The predicted molar refractivity (Wildman–Crippen MR) is 81.0 cm³/mol. The number of hydrogen-bond acceptors (Lipinski definition) is 5. The highest BCUT2D eigenvalue weighted by molar-refractivity contribution is 4.67. The van der Waals surface area contributed by atoms with Crippen molar-refractivity contribution in [3.63, 3.8) is 0 Å². The van der Waals surface area contributed by atoms with Crippen molar-refractivity contribution in [1.29, 1.82) is 0 Å². The summed E-state index contributed by atoms with van der Waals surface area (Å²) in [4.78, 5) is 0. The standard InChI is InChI=1S/C15H33NO4/c1-3-4-5-6-7-8-9-20-13-15(18)10-16-14(11-17)12-19-2/h14-18H,3-13H2,1-2H3. The van der Waals surface area contributed by atoms with Gasteiger partial charge in [-0.15, -0.1) is 0 Å². The molecule has 0 saturated carbocycles. The van der Waals surface area contributed by atoms with Crippen LogP contribution in [0.1, 0.15) is 45.4 Å². The predicted octanol–water partition coefficient (Wildman–Crippen LogP) is 1.32. The van der Waals surface area contributed by atoms with E-state index in [1.807, 2.05) is 0 Å². The minimum Gasteiger partial charge on any atom is -0.395 e. The maximum absolute atomic E-state index is 9.72. The van der Waals surface area contributed by atoms with Crippen molar-refractivity contribution in [3.05, 3.63) is 0 Å². The lowest BCUT2D eigenvalue weighted by molar-refractivity contribution is 0.0301. The molecule has 0 saturated heterocycles. The van der Waals surface area contributed by atoms with E-state index in [-0.39, 0.29) is 12.6 Å². The van der Waals surface area contributed by atoms with E-state index in [0.717, 1.165) is 6.42 Å². The molecule has 122 valence electrons. The Morgan fingerprint density at radius 3 is 2.40 bits per heavy atom. The molecule has 3 N–H and O–H groups in total. The molecule has 0 aromatic carbocycles. The van der Waals surface area contributed by atoms with Crippen LogP contribution in [0.5, 0.6) is 0 Å². The fraction of sp³-hybridized carbons (Fsp3) is 1.00. The van der Waals surface area contributed by atoms with Gasteiger partial charge in [-0.2, -0.15) is 0 Å². The van der Waals surface area contributed by atoms with Crippen molar-refractivity contribution in [2.24, 2.45) is 0 Å². The fourth-order valence-electron chi connectivity index (χ4n) is 1.94. The summed E-state index contributed by atoms with van der Waals surface area (Å²) in [7, 11) is 1.59. The molecular weight excluding hydrogens is 258 g/mol. The molecule has 0 aliphatic heterocycles. The van der Waals surface area contributed by atoms with E-state index in [1.54, 1.807) is 7.11 Å². The van der Waals surface area contributed by atoms with E-state index in [9.17, 15) is 5.11 Å². The highest BCUT2D eigenvalue weighted by atomic mass is 16.5. The van der Waals surface area contributed by atoms with Gasteiger partial charge in [0.1, 0.15) is 0 Å². The Labute approximate surface area is 123 Å². The number of ether oxygens (including phenoxy) is 2. The van der Waals surface area contributed by atoms with Crippen LogP contribution in [0, 0.1) is 0 Å². The van der Waals surface area contributed by atoms with Crippen LogP contribution in [0.25, 0.3) is 0 Å². The first kappa shape index (κ1) is 19.8. The number of aliphatic hydroxyl groups is 2. The molecule has 0 aliphatic carbocycles. The molecule has 0 amide bonds. The fourth-order valence-corrected chi connectivity index (χ4v) is 1.94. The summed E-state index contributed by atoms with van der Waals surface area (Å²) >= 11 is 0. The Morgan fingerprint density at radius 1 is 1.05 bits per heavy atom. The second-order valence-electron chi connectivity index (χ2n) is 5.24.